The first kappa shape index (κ1) is 19.4. The van der Waals surface area contributed by atoms with Crippen molar-refractivity contribution < 1.29 is 4.79 Å². The van der Waals surface area contributed by atoms with Gasteiger partial charge in [0.15, 0.2) is 0 Å². The first-order chi connectivity index (χ1) is 14.5. The molecule has 3 N–H and O–H groups in total. The van der Waals surface area contributed by atoms with Crippen molar-refractivity contribution in [1.29, 1.82) is 0 Å². The highest BCUT2D eigenvalue weighted by Crippen LogP contribution is 2.33. The van der Waals surface area contributed by atoms with E-state index in [1.807, 2.05) is 68.4 Å². The lowest BCUT2D eigenvalue weighted by Crippen LogP contribution is -2.28. The number of benzene rings is 1. The van der Waals surface area contributed by atoms with E-state index < -0.39 is 0 Å². The van der Waals surface area contributed by atoms with Crippen LogP contribution in [-0.2, 0) is 0 Å². The van der Waals surface area contributed by atoms with Crippen molar-refractivity contribution in [2.75, 3.05) is 30.9 Å². The predicted molar refractivity (Wildman–Crippen MR) is 120 cm³/mol. The van der Waals surface area contributed by atoms with Gasteiger partial charge in [0.05, 0.1) is 22.4 Å². The third kappa shape index (κ3) is 3.93. The van der Waals surface area contributed by atoms with Crippen molar-refractivity contribution in [2.45, 2.75) is 6.92 Å². The Kier molecular flexibility index (Phi) is 5.30. The van der Waals surface area contributed by atoms with Crippen LogP contribution in [0.2, 0.25) is 0 Å². The molecule has 3 heterocycles. The molecule has 2 amide bonds. The minimum absolute atomic E-state index is 0.309. The Labute approximate surface area is 174 Å². The van der Waals surface area contributed by atoms with Gasteiger partial charge in [-0.3, -0.25) is 15.3 Å². The molecule has 0 aliphatic heterocycles. The van der Waals surface area contributed by atoms with E-state index in [4.69, 9.17) is 0 Å². The van der Waals surface area contributed by atoms with E-state index >= 15 is 0 Å². The van der Waals surface area contributed by atoms with Crippen LogP contribution in [0.1, 0.15) is 6.92 Å². The summed E-state index contributed by atoms with van der Waals surface area (Å²) in [5, 5.41) is 5.44. The molecule has 0 radical (unpaired) electrons. The Morgan fingerprint density at radius 1 is 1.07 bits per heavy atom. The van der Waals surface area contributed by atoms with Gasteiger partial charge in [0.25, 0.3) is 0 Å². The van der Waals surface area contributed by atoms with Gasteiger partial charge in [-0.2, -0.15) is 0 Å². The summed E-state index contributed by atoms with van der Waals surface area (Å²) in [6.07, 6.45) is 3.55. The molecule has 1 aromatic carbocycles. The van der Waals surface area contributed by atoms with Gasteiger partial charge in [0.2, 0.25) is 5.95 Å². The summed E-state index contributed by atoms with van der Waals surface area (Å²) in [7, 11) is 3.98. The van der Waals surface area contributed by atoms with E-state index in [-0.39, 0.29) is 6.03 Å². The second kappa shape index (κ2) is 8.20. The van der Waals surface area contributed by atoms with Crippen LogP contribution in [0.25, 0.3) is 33.5 Å². The number of amides is 2. The maximum Gasteiger partial charge on any atom is 0.321 e. The average Bonchev–Trinajstić information content (AvgIpc) is 3.16. The molecule has 152 valence electrons. The fourth-order valence-corrected chi connectivity index (χ4v) is 3.21. The fraction of sp³-hybridized carbons (Fsp3) is 0.182. The van der Waals surface area contributed by atoms with E-state index in [1.54, 1.807) is 12.4 Å². The van der Waals surface area contributed by atoms with Crippen LogP contribution in [-0.4, -0.2) is 46.6 Å². The quantitative estimate of drug-likeness (QED) is 0.471. The summed E-state index contributed by atoms with van der Waals surface area (Å²) in [6, 6.07) is 13.5. The van der Waals surface area contributed by atoms with Crippen LogP contribution in [0.3, 0.4) is 0 Å². The zero-order valence-electron chi connectivity index (χ0n) is 17.1. The summed E-state index contributed by atoms with van der Waals surface area (Å²) in [5.41, 5.74) is 6.00. The first-order valence-electron chi connectivity index (χ1n) is 9.69. The number of nitrogens with one attached hydrogen (secondary N) is 3. The van der Waals surface area contributed by atoms with Crippen molar-refractivity contribution in [3.05, 3.63) is 54.9 Å². The molecular formula is C22H23N7O. The largest absolute Gasteiger partial charge is 0.378 e. The lowest BCUT2D eigenvalue weighted by atomic mass is 10.0. The number of urea groups is 1. The second-order valence-corrected chi connectivity index (χ2v) is 7.00. The number of rotatable bonds is 5. The molecule has 0 atom stereocenters. The minimum atomic E-state index is -0.309. The number of aromatic nitrogens is 4. The number of hydrogen-bond acceptors (Lipinski definition) is 5. The number of nitrogens with zero attached hydrogens (tertiary/aromatic N) is 4. The van der Waals surface area contributed by atoms with Crippen LogP contribution < -0.4 is 15.5 Å². The van der Waals surface area contributed by atoms with Crippen LogP contribution >= 0.6 is 0 Å². The topological polar surface area (TPSA) is 98.8 Å². The number of hydrogen-bond donors (Lipinski definition) is 3. The zero-order valence-corrected chi connectivity index (χ0v) is 17.1. The van der Waals surface area contributed by atoms with Crippen molar-refractivity contribution in [1.82, 2.24) is 25.3 Å². The van der Waals surface area contributed by atoms with Gasteiger partial charge in [-0.25, -0.2) is 9.78 Å². The van der Waals surface area contributed by atoms with Crippen LogP contribution in [0.15, 0.2) is 54.9 Å². The van der Waals surface area contributed by atoms with Crippen LogP contribution in [0.4, 0.5) is 16.4 Å². The van der Waals surface area contributed by atoms with Gasteiger partial charge in [-0.1, -0.05) is 6.07 Å². The highest BCUT2D eigenvalue weighted by atomic mass is 16.2. The number of fused-ring (bicyclic) bond motifs is 1. The highest BCUT2D eigenvalue weighted by Gasteiger charge is 2.15. The molecule has 8 nitrogen and oxygen atoms in total. The molecule has 0 bridgehead atoms. The lowest BCUT2D eigenvalue weighted by Gasteiger charge is -2.14. The zero-order chi connectivity index (χ0) is 21.1. The average molecular weight is 401 g/mol. The van der Waals surface area contributed by atoms with Crippen molar-refractivity contribution in [3.8, 4) is 22.5 Å². The molecule has 3 aromatic heterocycles. The molecule has 4 aromatic rings. The van der Waals surface area contributed by atoms with E-state index in [0.717, 1.165) is 39.2 Å². The maximum absolute atomic E-state index is 11.9. The van der Waals surface area contributed by atoms with Gasteiger partial charge >= 0.3 is 6.03 Å². The maximum atomic E-state index is 11.9. The molecule has 0 aliphatic rings. The summed E-state index contributed by atoms with van der Waals surface area (Å²) in [5.74, 6) is 0.374. The predicted octanol–water partition coefficient (Wildman–Crippen LogP) is 3.89. The molecular weight excluding hydrogens is 378 g/mol. The second-order valence-electron chi connectivity index (χ2n) is 7.00. The first-order valence-corrected chi connectivity index (χ1v) is 9.69. The molecule has 8 heteroatoms. The molecule has 30 heavy (non-hydrogen) atoms. The monoisotopic (exact) mass is 401 g/mol. The van der Waals surface area contributed by atoms with E-state index in [1.165, 1.54) is 0 Å². The lowest BCUT2D eigenvalue weighted by molar-refractivity contribution is 0.252. The summed E-state index contributed by atoms with van der Waals surface area (Å²) < 4.78 is 0. The van der Waals surface area contributed by atoms with Gasteiger partial charge in [0, 0.05) is 49.8 Å². The molecule has 0 aliphatic carbocycles. The van der Waals surface area contributed by atoms with Gasteiger partial charge in [-0.05, 0) is 43.3 Å². The molecule has 0 spiro atoms. The summed E-state index contributed by atoms with van der Waals surface area (Å²) in [6.45, 7) is 2.39. The summed E-state index contributed by atoms with van der Waals surface area (Å²) >= 11 is 0. The Balaban J connectivity index is 1.88. The number of carbonyl (C=O) groups excluding carboxylic acids is 1. The number of imidazole rings is 1. The number of pyridine rings is 2. The Morgan fingerprint density at radius 2 is 1.90 bits per heavy atom. The number of aromatic amines is 1. The van der Waals surface area contributed by atoms with Crippen molar-refractivity contribution in [2.24, 2.45) is 0 Å². The van der Waals surface area contributed by atoms with Crippen molar-refractivity contribution >= 4 is 28.7 Å². The Morgan fingerprint density at radius 3 is 2.63 bits per heavy atom. The minimum Gasteiger partial charge on any atom is -0.378 e. The number of carbonyl (C=O) groups is 1. The Bertz CT molecular complexity index is 1180. The normalized spacial score (nSPS) is 10.8. The standard InChI is InChI=1S/C22H23N7O/c1-4-23-22(30)28-21-26-19-12-14(17-7-5-6-9-24-17)11-16(20(19)27-21)18-13-15(29(2)3)8-10-25-18/h5-13H,4H2,1-3H3,(H3,23,26,27,28,30). The fourth-order valence-electron chi connectivity index (χ4n) is 3.21. The van der Waals surface area contributed by atoms with Gasteiger partial charge in [0.1, 0.15) is 0 Å². The van der Waals surface area contributed by atoms with Crippen LogP contribution in [0, 0.1) is 0 Å². The van der Waals surface area contributed by atoms with Crippen LogP contribution in [0.5, 0.6) is 0 Å². The van der Waals surface area contributed by atoms with Gasteiger partial charge in [-0.15, -0.1) is 0 Å². The SMILES string of the molecule is CCNC(=O)Nc1nc2cc(-c3ccccn3)cc(-c3cc(N(C)C)ccn3)c2[nH]1. The number of H-pyrrole nitrogens is 1. The molecule has 4 rings (SSSR count). The van der Waals surface area contributed by atoms with Crippen molar-refractivity contribution in [3.63, 3.8) is 0 Å². The molecule has 0 saturated carbocycles. The molecule has 0 fully saturated rings. The third-order valence-electron chi connectivity index (χ3n) is 4.66. The number of anilines is 2. The van der Waals surface area contributed by atoms with E-state index in [9.17, 15) is 4.79 Å². The van der Waals surface area contributed by atoms with Gasteiger partial charge < -0.3 is 15.2 Å². The van der Waals surface area contributed by atoms with E-state index in [0.29, 0.717) is 12.5 Å². The summed E-state index contributed by atoms with van der Waals surface area (Å²) in [4.78, 5) is 30.8. The third-order valence-corrected chi connectivity index (χ3v) is 4.66. The molecule has 0 saturated heterocycles. The Hall–Kier alpha value is -3.94. The highest BCUT2D eigenvalue weighted by molar-refractivity contribution is 5.98. The molecule has 0 unspecified atom stereocenters. The smallest absolute Gasteiger partial charge is 0.321 e. The van der Waals surface area contributed by atoms with E-state index in [2.05, 4.69) is 30.6 Å².